The van der Waals surface area contributed by atoms with E-state index < -0.39 is 89.4 Å². The van der Waals surface area contributed by atoms with Gasteiger partial charge in [0, 0.05) is 13.0 Å². The van der Waals surface area contributed by atoms with E-state index in [4.69, 9.17) is 15.2 Å². The molecule has 6 amide bonds. The first-order valence-corrected chi connectivity index (χ1v) is 19.0. The van der Waals surface area contributed by atoms with Gasteiger partial charge in [0.15, 0.2) is 0 Å². The molecule has 4 rings (SSSR count). The van der Waals surface area contributed by atoms with Gasteiger partial charge in [-0.05, 0) is 78.2 Å². The summed E-state index contributed by atoms with van der Waals surface area (Å²) in [6.07, 6.45) is 5.02. The number of nitrogens with zero attached hydrogens (tertiary/aromatic N) is 1. The van der Waals surface area contributed by atoms with Crippen molar-refractivity contribution in [3.05, 3.63) is 35.9 Å². The number of alkyl carbamates (subject to hydrolysis) is 1. The fourth-order valence-corrected chi connectivity index (χ4v) is 7.11. The van der Waals surface area contributed by atoms with Crippen LogP contribution < -0.4 is 27.0 Å². The Hall–Kier alpha value is -4.53. The number of benzene rings is 1. The lowest BCUT2D eigenvalue weighted by Crippen LogP contribution is -2.58. The van der Waals surface area contributed by atoms with Crippen LogP contribution in [0.1, 0.15) is 111 Å². The molecule has 1 aromatic carbocycles. The molecule has 5 atom stereocenters. The van der Waals surface area contributed by atoms with Crippen molar-refractivity contribution in [1.29, 1.82) is 0 Å². The Labute approximate surface area is 317 Å². The van der Waals surface area contributed by atoms with Gasteiger partial charge in [0.1, 0.15) is 23.7 Å². The number of ketones is 1. The molecule has 3 fully saturated rings. The second kappa shape index (κ2) is 18.2. The first kappa shape index (κ1) is 42.2. The highest BCUT2D eigenvalue weighted by Gasteiger charge is 2.46. The molecule has 15 heteroatoms. The second-order valence-corrected chi connectivity index (χ2v) is 16.7. The van der Waals surface area contributed by atoms with Gasteiger partial charge < -0.3 is 41.4 Å². The molecular formula is C39H58N6O9. The molecular weight excluding hydrogens is 696 g/mol. The fraction of sp³-hybridized carbons (Fsp3) is 0.667. The number of Topliss-reactive ketones (excluding diaryl/α,β-unsaturated/α-hetero) is 1. The van der Waals surface area contributed by atoms with E-state index >= 15 is 0 Å². The molecule has 298 valence electrons. The maximum absolute atomic E-state index is 14.5. The molecule has 1 saturated heterocycles. The van der Waals surface area contributed by atoms with Crippen LogP contribution in [-0.2, 0) is 38.2 Å². The standard InChI is InChI=1S/C39H58N6O9/c1-38(2,3)53-26-20-28(45(22-26)36(51)31(25-15-11-8-12-16-25)44-37(52)54-39(4,5)6)34(49)42-27(19-23-17-18-23)32(47)35(50)41-21-29(46)43-30(33(40)48)24-13-9-7-10-14-24/h7,9-10,13-14,23,25-28,30-31H,8,11-12,15-22H2,1-6H3,(H2,40,48)(H,41,50)(H,42,49)(H,43,46)(H,44,52)/t26-,27?,28?,30+,31+/m1/s1. The Morgan fingerprint density at radius 3 is 2.07 bits per heavy atom. The molecule has 3 aliphatic rings. The molecule has 54 heavy (non-hydrogen) atoms. The van der Waals surface area contributed by atoms with Gasteiger partial charge in [-0.3, -0.25) is 28.8 Å². The van der Waals surface area contributed by atoms with Crippen LogP contribution in [0, 0.1) is 11.8 Å². The molecule has 15 nitrogen and oxygen atoms in total. The lowest BCUT2D eigenvalue weighted by molar-refractivity contribution is -0.144. The van der Waals surface area contributed by atoms with E-state index in [1.165, 1.54) is 4.90 Å². The van der Waals surface area contributed by atoms with Crippen LogP contribution >= 0.6 is 0 Å². The molecule has 0 aromatic heterocycles. The predicted molar refractivity (Wildman–Crippen MR) is 198 cm³/mol. The van der Waals surface area contributed by atoms with E-state index in [0.717, 1.165) is 44.9 Å². The highest BCUT2D eigenvalue weighted by molar-refractivity contribution is 6.38. The number of rotatable bonds is 15. The van der Waals surface area contributed by atoms with Crippen LogP contribution in [0.15, 0.2) is 30.3 Å². The Morgan fingerprint density at radius 1 is 0.852 bits per heavy atom. The van der Waals surface area contributed by atoms with Gasteiger partial charge >= 0.3 is 6.09 Å². The quantitative estimate of drug-likeness (QED) is 0.166. The summed E-state index contributed by atoms with van der Waals surface area (Å²) in [5, 5.41) is 10.3. The van der Waals surface area contributed by atoms with Crippen LogP contribution in [0.4, 0.5) is 4.79 Å². The average Bonchev–Trinajstić information content (AvgIpc) is 3.82. The highest BCUT2D eigenvalue weighted by Crippen LogP contribution is 2.34. The predicted octanol–water partition coefficient (Wildman–Crippen LogP) is 2.56. The third-order valence-electron chi connectivity index (χ3n) is 9.68. The Balaban J connectivity index is 1.49. The van der Waals surface area contributed by atoms with E-state index in [-0.39, 0.29) is 31.2 Å². The number of likely N-dealkylation sites (tertiary alicyclic amines) is 1. The second-order valence-electron chi connectivity index (χ2n) is 16.7. The molecule has 2 aliphatic carbocycles. The average molecular weight is 755 g/mol. The van der Waals surface area contributed by atoms with Crippen LogP contribution in [0.25, 0.3) is 0 Å². The van der Waals surface area contributed by atoms with E-state index in [1.807, 2.05) is 20.8 Å². The van der Waals surface area contributed by atoms with Crippen molar-refractivity contribution in [3.63, 3.8) is 0 Å². The molecule has 0 spiro atoms. The summed E-state index contributed by atoms with van der Waals surface area (Å²) in [4.78, 5) is 94.4. The number of amides is 6. The van der Waals surface area contributed by atoms with E-state index in [2.05, 4.69) is 21.3 Å². The first-order valence-electron chi connectivity index (χ1n) is 19.0. The summed E-state index contributed by atoms with van der Waals surface area (Å²) in [7, 11) is 0. The Kier molecular flexibility index (Phi) is 14.2. The summed E-state index contributed by atoms with van der Waals surface area (Å²) >= 11 is 0. The highest BCUT2D eigenvalue weighted by atomic mass is 16.6. The number of nitrogens with two attached hydrogens (primary N) is 1. The number of ether oxygens (including phenoxy) is 2. The van der Waals surface area contributed by atoms with Crippen molar-refractivity contribution < 1.29 is 43.0 Å². The van der Waals surface area contributed by atoms with Crippen molar-refractivity contribution in [3.8, 4) is 0 Å². The molecule has 6 N–H and O–H groups in total. The number of carbonyl (C=O) groups is 7. The monoisotopic (exact) mass is 754 g/mol. The van der Waals surface area contributed by atoms with Crippen molar-refractivity contribution in [2.45, 2.75) is 141 Å². The number of carbonyl (C=O) groups excluding carboxylic acids is 7. The molecule has 2 unspecified atom stereocenters. The number of primary amides is 1. The Bertz CT molecular complexity index is 1530. The van der Waals surface area contributed by atoms with Crippen molar-refractivity contribution >= 4 is 41.4 Å². The third-order valence-corrected chi connectivity index (χ3v) is 9.68. The lowest BCUT2D eigenvalue weighted by atomic mass is 9.83. The van der Waals surface area contributed by atoms with Crippen molar-refractivity contribution in [1.82, 2.24) is 26.2 Å². The van der Waals surface area contributed by atoms with Crippen molar-refractivity contribution in [2.75, 3.05) is 13.1 Å². The number of nitrogens with one attached hydrogen (secondary N) is 4. The molecule has 0 radical (unpaired) electrons. The van der Waals surface area contributed by atoms with Gasteiger partial charge in [-0.25, -0.2) is 4.79 Å². The summed E-state index contributed by atoms with van der Waals surface area (Å²) in [5.74, 6) is -4.69. The van der Waals surface area contributed by atoms with Gasteiger partial charge in [0.05, 0.1) is 24.3 Å². The zero-order valence-corrected chi connectivity index (χ0v) is 32.4. The fourth-order valence-electron chi connectivity index (χ4n) is 7.11. The van der Waals surface area contributed by atoms with E-state index in [1.54, 1.807) is 51.1 Å². The van der Waals surface area contributed by atoms with Crippen LogP contribution in [0.3, 0.4) is 0 Å². The van der Waals surface area contributed by atoms with Gasteiger partial charge in [0.2, 0.25) is 29.4 Å². The minimum absolute atomic E-state index is 0.0829. The van der Waals surface area contributed by atoms with Gasteiger partial charge in [0.25, 0.3) is 5.91 Å². The maximum Gasteiger partial charge on any atom is 0.408 e. The molecule has 1 heterocycles. The summed E-state index contributed by atoms with van der Waals surface area (Å²) in [6, 6.07) is 3.98. The zero-order valence-electron chi connectivity index (χ0n) is 32.4. The zero-order chi connectivity index (χ0) is 39.8. The van der Waals surface area contributed by atoms with Crippen LogP contribution in [0.2, 0.25) is 0 Å². The minimum Gasteiger partial charge on any atom is -0.444 e. The molecule has 2 saturated carbocycles. The van der Waals surface area contributed by atoms with Crippen molar-refractivity contribution in [2.24, 2.45) is 17.6 Å². The SMILES string of the molecule is CC(C)(C)OC(=O)N[C@H](C(=O)N1C[C@H](OC(C)(C)C)CC1C(=O)NC(CC1CC1)C(=O)C(=O)NCC(=O)N[C@H](C(N)=O)c1ccccc1)C1CCCCC1. The van der Waals surface area contributed by atoms with E-state index in [0.29, 0.717) is 5.56 Å². The summed E-state index contributed by atoms with van der Waals surface area (Å²) < 4.78 is 11.8. The first-order chi connectivity index (χ1) is 25.3. The van der Waals surface area contributed by atoms with Gasteiger partial charge in [-0.1, -0.05) is 62.4 Å². The minimum atomic E-state index is -1.22. The largest absolute Gasteiger partial charge is 0.444 e. The lowest BCUT2D eigenvalue weighted by Gasteiger charge is -2.35. The number of hydrogen-bond acceptors (Lipinski definition) is 9. The van der Waals surface area contributed by atoms with Gasteiger partial charge in [-0.15, -0.1) is 0 Å². The molecule has 0 bridgehead atoms. The van der Waals surface area contributed by atoms with Crippen LogP contribution in [0.5, 0.6) is 0 Å². The van der Waals surface area contributed by atoms with Crippen LogP contribution in [-0.4, -0.2) is 94.8 Å². The maximum atomic E-state index is 14.5. The summed E-state index contributed by atoms with van der Waals surface area (Å²) in [5.41, 5.74) is 4.56. The summed E-state index contributed by atoms with van der Waals surface area (Å²) in [6.45, 7) is 10.3. The number of hydrogen-bond donors (Lipinski definition) is 5. The Morgan fingerprint density at radius 2 is 1.50 bits per heavy atom. The normalized spacial score (nSPS) is 20.9. The smallest absolute Gasteiger partial charge is 0.408 e. The third kappa shape index (κ3) is 12.8. The molecule has 1 aliphatic heterocycles. The van der Waals surface area contributed by atoms with Gasteiger partial charge in [-0.2, -0.15) is 0 Å². The van der Waals surface area contributed by atoms with E-state index in [9.17, 15) is 33.6 Å². The topological polar surface area (TPSA) is 215 Å². The molecule has 1 aromatic rings.